The smallest absolute Gasteiger partial charge is 0.278 e. The van der Waals surface area contributed by atoms with Crippen LogP contribution in [0.25, 0.3) is 0 Å². The first-order chi connectivity index (χ1) is 15.2. The molecule has 1 aliphatic heterocycles. The second-order valence-electron chi connectivity index (χ2n) is 7.93. The van der Waals surface area contributed by atoms with Crippen molar-refractivity contribution in [2.24, 2.45) is 14.1 Å². The van der Waals surface area contributed by atoms with E-state index in [2.05, 4.69) is 20.6 Å². The molecule has 0 fully saturated rings. The largest absolute Gasteiger partial charge is 1.00 e. The van der Waals surface area contributed by atoms with Crippen LogP contribution in [0.1, 0.15) is 34.6 Å². The van der Waals surface area contributed by atoms with Crippen LogP contribution in [0, 0.1) is 0 Å². The number of hydrogen-bond acceptors (Lipinski definition) is 5. The molecule has 0 bridgehead atoms. The van der Waals surface area contributed by atoms with Gasteiger partial charge in [-0.25, -0.2) is 9.13 Å². The molecule has 3 N–H and O–H groups in total. The van der Waals surface area contributed by atoms with Crippen molar-refractivity contribution in [2.45, 2.75) is 25.9 Å². The molecular weight excluding hydrogens is 664 g/mol. The molecule has 3 aromatic heterocycles. The summed E-state index contributed by atoms with van der Waals surface area (Å²) < 4.78 is 3.52. The Morgan fingerprint density at radius 3 is 2.24 bits per heavy atom. The molecule has 34 heavy (non-hydrogen) atoms. The van der Waals surface area contributed by atoms with E-state index in [-0.39, 0.29) is 83.4 Å². The van der Waals surface area contributed by atoms with Crippen molar-refractivity contribution in [1.82, 2.24) is 9.97 Å². The van der Waals surface area contributed by atoms with E-state index in [4.69, 9.17) is 0 Å². The summed E-state index contributed by atoms with van der Waals surface area (Å²) in [6, 6.07) is 6.42. The maximum Gasteiger partial charge on any atom is 0.278 e. The van der Waals surface area contributed by atoms with Gasteiger partial charge in [0.1, 0.15) is 25.2 Å². The van der Waals surface area contributed by atoms with E-state index in [1.807, 2.05) is 27.1 Å². The molecule has 3 aromatic rings. The zero-order valence-electron chi connectivity index (χ0n) is 19.0. The van der Waals surface area contributed by atoms with Gasteiger partial charge in [-0.3, -0.25) is 29.6 Å². The second-order valence-corrected chi connectivity index (χ2v) is 7.93. The maximum atomic E-state index is 13.3. The number of aryl methyl sites for hydroxylation is 2. The van der Waals surface area contributed by atoms with Crippen molar-refractivity contribution in [3.05, 3.63) is 70.5 Å². The molecule has 2 atom stereocenters. The molecule has 0 aromatic carbocycles. The van der Waals surface area contributed by atoms with Crippen LogP contribution >= 0.6 is 0 Å². The number of pyridine rings is 2. The number of fused-ring (bicyclic) bond motifs is 1. The normalized spacial score (nSPS) is 16.3. The molecule has 180 valence electrons. The van der Waals surface area contributed by atoms with Gasteiger partial charge in [-0.05, 0) is 26.0 Å². The number of anilines is 3. The summed E-state index contributed by atoms with van der Waals surface area (Å²) >= 11 is 0. The fraction of sp³-hybridized carbons (Fsp3) is 0.273. The first-order valence-corrected chi connectivity index (χ1v) is 10.2. The Kier molecular flexibility index (Phi) is 9.10. The van der Waals surface area contributed by atoms with Crippen LogP contribution in [-0.2, 0) is 14.1 Å². The topological polar surface area (TPSA) is 115 Å². The number of hydrogen-bond donors (Lipinski definition) is 3. The van der Waals surface area contributed by atoms with E-state index >= 15 is 0 Å². The summed E-state index contributed by atoms with van der Waals surface area (Å²) in [6.07, 6.45) is 7.00. The lowest BCUT2D eigenvalue weighted by atomic mass is 10.0. The van der Waals surface area contributed by atoms with Crippen molar-refractivity contribution in [1.29, 1.82) is 0 Å². The Balaban J connectivity index is 0.00000204. The number of nitrogens with one attached hydrogen (secondary N) is 3. The third-order valence-corrected chi connectivity index (χ3v) is 5.47. The molecule has 4 heterocycles. The average Bonchev–Trinajstić information content (AvgIpc) is 2.74. The van der Waals surface area contributed by atoms with Crippen molar-refractivity contribution in [2.75, 3.05) is 15.5 Å². The maximum absolute atomic E-state index is 13.3. The van der Waals surface area contributed by atoms with E-state index in [1.165, 1.54) is 4.90 Å². The molecule has 0 radical (unpaired) electrons. The quantitative estimate of drug-likeness (QED) is 0.188. The van der Waals surface area contributed by atoms with Gasteiger partial charge in [0.15, 0.2) is 36.3 Å². The Hall–Kier alpha value is -2.62. The van der Waals surface area contributed by atoms with Crippen LogP contribution in [0.2, 0.25) is 0 Å². The summed E-state index contributed by atoms with van der Waals surface area (Å²) in [4.78, 5) is 47.4. The summed E-state index contributed by atoms with van der Waals surface area (Å²) in [5.41, 5.74) is 0.467. The van der Waals surface area contributed by atoms with Crippen molar-refractivity contribution in [3.63, 3.8) is 0 Å². The monoisotopic (exact) mass is 689 g/mol. The first-order valence-electron chi connectivity index (χ1n) is 10.2. The number of H-pyrrole nitrogens is 1. The summed E-state index contributed by atoms with van der Waals surface area (Å²) in [5.74, 6) is -0.477. The van der Waals surface area contributed by atoms with Gasteiger partial charge >= 0.3 is 0 Å². The Morgan fingerprint density at radius 1 is 1.03 bits per heavy atom. The van der Waals surface area contributed by atoms with Crippen LogP contribution in [0.4, 0.5) is 17.5 Å². The minimum atomic E-state index is -0.524. The van der Waals surface area contributed by atoms with E-state index in [0.29, 0.717) is 11.1 Å². The molecule has 0 aliphatic carbocycles. The molecule has 12 heteroatoms. The summed E-state index contributed by atoms with van der Waals surface area (Å²) in [6.45, 7) is 3.77. The van der Waals surface area contributed by atoms with Gasteiger partial charge in [-0.1, -0.05) is 0 Å². The van der Waals surface area contributed by atoms with Crippen LogP contribution in [0.15, 0.2) is 53.8 Å². The standard InChI is InChI=1S/C22H23N7O3.2HI/c1-13-14(2)29(21(32)16-8-6-10-28(4)12-16)17-18(23-13)24-22(26-20(17)31)25-19(30)15-7-5-9-27(3)11-15;;/h5-14H,1-4H3,(H-2,23,24,25,26,30,31);2*1H. The highest BCUT2D eigenvalue weighted by atomic mass is 127. The lowest BCUT2D eigenvalue weighted by Crippen LogP contribution is -3.00. The number of halogens is 2. The predicted octanol–water partition coefficient (Wildman–Crippen LogP) is -5.47. The fourth-order valence-corrected chi connectivity index (χ4v) is 3.66. The fourth-order valence-electron chi connectivity index (χ4n) is 3.66. The van der Waals surface area contributed by atoms with Gasteiger partial charge in [-0.2, -0.15) is 4.98 Å². The Labute approximate surface area is 230 Å². The summed E-state index contributed by atoms with van der Waals surface area (Å²) in [7, 11) is 3.63. The van der Waals surface area contributed by atoms with Crippen molar-refractivity contribution in [3.8, 4) is 0 Å². The van der Waals surface area contributed by atoms with E-state index in [0.717, 1.165) is 0 Å². The van der Waals surface area contributed by atoms with Crippen LogP contribution in [0.3, 0.4) is 0 Å². The molecule has 2 unspecified atom stereocenters. The van der Waals surface area contributed by atoms with Gasteiger partial charge in [0.05, 0.1) is 6.04 Å². The molecule has 0 spiro atoms. The van der Waals surface area contributed by atoms with Crippen LogP contribution in [0.5, 0.6) is 0 Å². The van der Waals surface area contributed by atoms with Crippen LogP contribution < -0.4 is 78.2 Å². The number of rotatable bonds is 3. The minimum Gasteiger partial charge on any atom is -1.00 e. The second kappa shape index (κ2) is 11.2. The van der Waals surface area contributed by atoms with Gasteiger partial charge in [-0.15, -0.1) is 0 Å². The van der Waals surface area contributed by atoms with Gasteiger partial charge in [0.25, 0.3) is 17.4 Å². The van der Waals surface area contributed by atoms with E-state index in [9.17, 15) is 14.4 Å². The lowest BCUT2D eigenvalue weighted by Gasteiger charge is -2.38. The van der Waals surface area contributed by atoms with Gasteiger partial charge < -0.3 is 53.3 Å². The molecule has 10 nitrogen and oxygen atoms in total. The third-order valence-electron chi connectivity index (χ3n) is 5.47. The number of aromatic nitrogens is 4. The molecule has 4 rings (SSSR count). The zero-order chi connectivity index (χ0) is 23.0. The van der Waals surface area contributed by atoms with Crippen LogP contribution in [-0.4, -0.2) is 33.9 Å². The lowest BCUT2D eigenvalue weighted by molar-refractivity contribution is -0.671. The highest BCUT2D eigenvalue weighted by Crippen LogP contribution is 2.31. The molecule has 0 saturated carbocycles. The number of nitrogens with zero attached hydrogens (tertiary/aromatic N) is 4. The minimum absolute atomic E-state index is 0. The predicted molar refractivity (Wildman–Crippen MR) is 117 cm³/mol. The molecular formula is C22H25I2N7O3. The number of carbonyl (C=O) groups is 2. The van der Waals surface area contributed by atoms with E-state index in [1.54, 1.807) is 59.0 Å². The van der Waals surface area contributed by atoms with Gasteiger partial charge in [0, 0.05) is 18.2 Å². The molecule has 1 aliphatic rings. The number of amides is 2. The zero-order valence-corrected chi connectivity index (χ0v) is 23.4. The highest BCUT2D eigenvalue weighted by Gasteiger charge is 2.37. The first kappa shape index (κ1) is 27.6. The summed E-state index contributed by atoms with van der Waals surface area (Å²) in [5, 5.41) is 5.79. The van der Waals surface area contributed by atoms with E-state index < -0.39 is 11.5 Å². The van der Waals surface area contributed by atoms with Crippen molar-refractivity contribution >= 4 is 29.3 Å². The number of carbonyl (C=O) groups excluding carboxylic acids is 2. The Bertz CT molecular complexity index is 1280. The Morgan fingerprint density at radius 2 is 1.62 bits per heavy atom. The van der Waals surface area contributed by atoms with Gasteiger partial charge in [0.2, 0.25) is 5.95 Å². The highest BCUT2D eigenvalue weighted by molar-refractivity contribution is 6.08. The average molecular weight is 689 g/mol. The number of aromatic amines is 1. The molecule has 0 saturated heterocycles. The van der Waals surface area contributed by atoms with Crippen molar-refractivity contribution < 1.29 is 66.7 Å². The molecule has 2 amide bonds. The SMILES string of the molecule is CC1Nc2nc(NC(=O)c3ccc[n+](C)c3)[nH]c(=O)c2N(C(=O)c2ccc[n+](C)c2)C1C.[I-].[I-]. The third kappa shape index (κ3) is 5.54.